The fourth-order valence-corrected chi connectivity index (χ4v) is 4.94. The van der Waals surface area contributed by atoms with Crippen molar-refractivity contribution in [1.82, 2.24) is 0 Å². The molecule has 2 N–H and O–H groups in total. The third-order valence-corrected chi connectivity index (χ3v) is 5.22. The predicted octanol–water partition coefficient (Wildman–Crippen LogP) is 3.36. The summed E-state index contributed by atoms with van der Waals surface area (Å²) in [5.74, 6) is 2.09. The van der Waals surface area contributed by atoms with Crippen LogP contribution in [0.15, 0.2) is 0 Å². The average Bonchev–Trinajstić information content (AvgIpc) is 2.11. The second kappa shape index (κ2) is 4.79. The van der Waals surface area contributed by atoms with E-state index in [4.69, 9.17) is 0 Å². The van der Waals surface area contributed by atoms with Crippen LogP contribution in [0, 0.1) is 23.7 Å². The summed E-state index contributed by atoms with van der Waals surface area (Å²) in [6.45, 7) is 8.83. The van der Waals surface area contributed by atoms with E-state index in [0.29, 0.717) is 23.7 Å². The maximum atomic E-state index is 11.1. The SMILES string of the molecule is C[C@@H]1C[C@H](C)CC(O)(C2(O)C[C@H](C)C[C@H](C)C2)C1. The molecule has 0 radical (unpaired) electrons. The third kappa shape index (κ3) is 2.60. The van der Waals surface area contributed by atoms with E-state index in [1.807, 2.05) is 0 Å². The number of hydrogen-bond acceptors (Lipinski definition) is 2. The molecule has 2 saturated carbocycles. The van der Waals surface area contributed by atoms with E-state index in [0.717, 1.165) is 25.7 Å². The molecule has 6 atom stereocenters. The molecule has 0 saturated heterocycles. The Hall–Kier alpha value is -0.0800. The first-order valence-electron chi connectivity index (χ1n) is 7.69. The zero-order valence-electron chi connectivity index (χ0n) is 12.4. The van der Waals surface area contributed by atoms with Crippen molar-refractivity contribution in [2.45, 2.75) is 77.4 Å². The van der Waals surface area contributed by atoms with Gasteiger partial charge in [-0.15, -0.1) is 0 Å². The lowest BCUT2D eigenvalue weighted by Gasteiger charge is -2.53. The van der Waals surface area contributed by atoms with Crippen LogP contribution in [0.5, 0.6) is 0 Å². The molecule has 2 aliphatic rings. The molecule has 0 aromatic heterocycles. The Morgan fingerprint density at radius 1 is 0.611 bits per heavy atom. The van der Waals surface area contributed by atoms with E-state index in [2.05, 4.69) is 27.7 Å². The van der Waals surface area contributed by atoms with Crippen LogP contribution in [0.4, 0.5) is 0 Å². The van der Waals surface area contributed by atoms with Crippen LogP contribution in [0.1, 0.15) is 66.2 Å². The minimum atomic E-state index is -0.854. The third-order valence-electron chi connectivity index (χ3n) is 5.22. The molecule has 2 rings (SSSR count). The van der Waals surface area contributed by atoms with E-state index in [9.17, 15) is 10.2 Å². The zero-order valence-corrected chi connectivity index (χ0v) is 12.4. The molecule has 0 aliphatic heterocycles. The van der Waals surface area contributed by atoms with Gasteiger partial charge in [0.25, 0.3) is 0 Å². The fraction of sp³-hybridized carbons (Fsp3) is 1.00. The topological polar surface area (TPSA) is 40.5 Å². The standard InChI is InChI=1S/C16H30O2/c1-11-5-12(2)8-15(17,7-11)16(18)9-13(3)6-14(4)10-16/h11-14,17-18H,5-10H2,1-4H3/t11-,12+,13-,14+,15?,16?. The Morgan fingerprint density at radius 2 is 0.833 bits per heavy atom. The first-order valence-corrected chi connectivity index (χ1v) is 7.69. The molecule has 2 fully saturated rings. The van der Waals surface area contributed by atoms with Gasteiger partial charge in [-0.1, -0.05) is 27.7 Å². The highest BCUT2D eigenvalue weighted by atomic mass is 16.4. The predicted molar refractivity (Wildman–Crippen MR) is 74.3 cm³/mol. The minimum absolute atomic E-state index is 0.523. The van der Waals surface area contributed by atoms with Crippen molar-refractivity contribution in [3.05, 3.63) is 0 Å². The summed E-state index contributed by atoms with van der Waals surface area (Å²) in [6.07, 6.45) is 5.45. The number of rotatable bonds is 1. The van der Waals surface area contributed by atoms with Gasteiger partial charge in [-0.05, 0) is 62.2 Å². The van der Waals surface area contributed by atoms with Crippen molar-refractivity contribution in [2.75, 3.05) is 0 Å². The summed E-state index contributed by atoms with van der Waals surface area (Å²) in [5.41, 5.74) is -1.71. The van der Waals surface area contributed by atoms with Gasteiger partial charge in [0.2, 0.25) is 0 Å². The largest absolute Gasteiger partial charge is 0.387 e. The van der Waals surface area contributed by atoms with E-state index in [1.54, 1.807) is 0 Å². The smallest absolute Gasteiger partial charge is 0.0938 e. The Bertz CT molecular complexity index is 249. The van der Waals surface area contributed by atoms with E-state index >= 15 is 0 Å². The summed E-state index contributed by atoms with van der Waals surface area (Å²) >= 11 is 0. The first kappa shape index (κ1) is 14.3. The number of hydrogen-bond donors (Lipinski definition) is 2. The molecule has 0 aromatic carbocycles. The summed E-state index contributed by atoms with van der Waals surface area (Å²) in [7, 11) is 0. The quantitative estimate of drug-likeness (QED) is 0.753. The Morgan fingerprint density at radius 3 is 1.06 bits per heavy atom. The van der Waals surface area contributed by atoms with Crippen LogP contribution >= 0.6 is 0 Å². The molecule has 0 spiro atoms. The molecule has 0 aromatic rings. The highest BCUT2D eigenvalue weighted by molar-refractivity contribution is 5.06. The molecule has 2 heteroatoms. The summed E-state index contributed by atoms with van der Waals surface area (Å²) in [6, 6.07) is 0. The Kier molecular flexibility index (Phi) is 3.81. The van der Waals surface area contributed by atoms with E-state index < -0.39 is 11.2 Å². The van der Waals surface area contributed by atoms with Crippen molar-refractivity contribution in [2.24, 2.45) is 23.7 Å². The van der Waals surface area contributed by atoms with Gasteiger partial charge in [0.1, 0.15) is 0 Å². The second-order valence-electron chi connectivity index (χ2n) is 7.77. The maximum Gasteiger partial charge on any atom is 0.0938 e. The van der Waals surface area contributed by atoms with Gasteiger partial charge in [0.15, 0.2) is 0 Å². The van der Waals surface area contributed by atoms with Crippen LogP contribution in [0.2, 0.25) is 0 Å². The van der Waals surface area contributed by atoms with Crippen LogP contribution in [-0.4, -0.2) is 21.4 Å². The van der Waals surface area contributed by atoms with Crippen LogP contribution < -0.4 is 0 Å². The van der Waals surface area contributed by atoms with Crippen molar-refractivity contribution in [1.29, 1.82) is 0 Å². The highest BCUT2D eigenvalue weighted by Gasteiger charge is 2.54. The van der Waals surface area contributed by atoms with Gasteiger partial charge in [-0.3, -0.25) is 0 Å². The van der Waals surface area contributed by atoms with E-state index in [1.165, 1.54) is 12.8 Å². The normalized spacial score (nSPS) is 54.3. The molecule has 18 heavy (non-hydrogen) atoms. The molecule has 0 bridgehead atoms. The molecule has 2 aliphatic carbocycles. The molecular weight excluding hydrogens is 224 g/mol. The molecular formula is C16H30O2. The summed E-state index contributed by atoms with van der Waals surface area (Å²) < 4.78 is 0. The van der Waals surface area contributed by atoms with Gasteiger partial charge in [0, 0.05) is 0 Å². The zero-order chi connectivity index (χ0) is 13.6. The van der Waals surface area contributed by atoms with Gasteiger partial charge in [-0.25, -0.2) is 0 Å². The summed E-state index contributed by atoms with van der Waals surface area (Å²) in [5, 5.41) is 22.2. The highest BCUT2D eigenvalue weighted by Crippen LogP contribution is 2.49. The lowest BCUT2D eigenvalue weighted by molar-refractivity contribution is -0.207. The van der Waals surface area contributed by atoms with Crippen LogP contribution in [0.3, 0.4) is 0 Å². The lowest BCUT2D eigenvalue weighted by Crippen LogP contribution is -2.60. The maximum absolute atomic E-state index is 11.1. The van der Waals surface area contributed by atoms with Gasteiger partial charge in [-0.2, -0.15) is 0 Å². The van der Waals surface area contributed by atoms with Crippen molar-refractivity contribution in [3.63, 3.8) is 0 Å². The molecule has 2 unspecified atom stereocenters. The first-order chi connectivity index (χ1) is 8.24. The Balaban J connectivity index is 2.21. The molecule has 0 heterocycles. The van der Waals surface area contributed by atoms with Crippen molar-refractivity contribution < 1.29 is 10.2 Å². The molecule has 106 valence electrons. The fourth-order valence-electron chi connectivity index (χ4n) is 4.94. The van der Waals surface area contributed by atoms with Crippen LogP contribution in [-0.2, 0) is 0 Å². The number of aliphatic hydroxyl groups is 2. The summed E-state index contributed by atoms with van der Waals surface area (Å²) in [4.78, 5) is 0. The molecule has 2 nitrogen and oxygen atoms in total. The van der Waals surface area contributed by atoms with Gasteiger partial charge < -0.3 is 10.2 Å². The second-order valence-corrected chi connectivity index (χ2v) is 7.77. The minimum Gasteiger partial charge on any atom is -0.387 e. The monoisotopic (exact) mass is 254 g/mol. The van der Waals surface area contributed by atoms with Gasteiger partial charge >= 0.3 is 0 Å². The van der Waals surface area contributed by atoms with Crippen molar-refractivity contribution >= 4 is 0 Å². The lowest BCUT2D eigenvalue weighted by atomic mass is 9.59. The average molecular weight is 254 g/mol. The molecule has 0 amide bonds. The van der Waals surface area contributed by atoms with E-state index in [-0.39, 0.29) is 0 Å². The van der Waals surface area contributed by atoms with Gasteiger partial charge in [0.05, 0.1) is 11.2 Å². The Labute approximate surface area is 112 Å². The van der Waals surface area contributed by atoms with Crippen molar-refractivity contribution in [3.8, 4) is 0 Å². The van der Waals surface area contributed by atoms with Crippen LogP contribution in [0.25, 0.3) is 0 Å².